The first-order valence-corrected chi connectivity index (χ1v) is 5.37. The van der Waals surface area contributed by atoms with E-state index in [1.54, 1.807) is 18.6 Å². The summed E-state index contributed by atoms with van der Waals surface area (Å²) in [6.45, 7) is 0. The third kappa shape index (κ3) is 2.38. The fourth-order valence-electron chi connectivity index (χ4n) is 1.60. The standard InChI is InChI=1S/C12H12ClN3/c1-14-12(11-8-15-6-7-16-11)9-2-4-10(13)5-3-9/h2-8,12,14H,1H3. The van der Waals surface area contributed by atoms with E-state index in [4.69, 9.17) is 11.6 Å². The van der Waals surface area contributed by atoms with E-state index in [-0.39, 0.29) is 6.04 Å². The van der Waals surface area contributed by atoms with Crippen LogP contribution in [0.3, 0.4) is 0 Å². The number of hydrogen-bond acceptors (Lipinski definition) is 3. The lowest BCUT2D eigenvalue weighted by Crippen LogP contribution is -2.18. The van der Waals surface area contributed by atoms with E-state index in [2.05, 4.69) is 15.3 Å². The molecule has 2 aromatic rings. The summed E-state index contributed by atoms with van der Waals surface area (Å²) in [6, 6.07) is 7.76. The smallest absolute Gasteiger partial charge is 0.0801 e. The summed E-state index contributed by atoms with van der Waals surface area (Å²) >= 11 is 5.86. The Hall–Kier alpha value is -1.45. The van der Waals surface area contributed by atoms with Crippen LogP contribution < -0.4 is 5.32 Å². The van der Waals surface area contributed by atoms with E-state index in [9.17, 15) is 0 Å². The third-order valence-electron chi connectivity index (χ3n) is 2.37. The zero-order chi connectivity index (χ0) is 11.4. The maximum atomic E-state index is 5.86. The second-order valence-electron chi connectivity index (χ2n) is 3.40. The predicted octanol–water partition coefficient (Wildman–Crippen LogP) is 2.44. The Kier molecular flexibility index (Phi) is 3.49. The highest BCUT2D eigenvalue weighted by molar-refractivity contribution is 6.30. The van der Waals surface area contributed by atoms with Gasteiger partial charge in [-0.3, -0.25) is 9.97 Å². The lowest BCUT2D eigenvalue weighted by atomic mass is 10.0. The molecule has 0 amide bonds. The van der Waals surface area contributed by atoms with Crippen LogP contribution in [0.2, 0.25) is 5.02 Å². The van der Waals surface area contributed by atoms with Crippen LogP contribution in [0.25, 0.3) is 0 Å². The number of hydrogen-bond donors (Lipinski definition) is 1. The van der Waals surface area contributed by atoms with Crippen molar-refractivity contribution in [1.29, 1.82) is 0 Å². The monoisotopic (exact) mass is 233 g/mol. The van der Waals surface area contributed by atoms with E-state index in [1.165, 1.54) is 0 Å². The maximum Gasteiger partial charge on any atom is 0.0801 e. The summed E-state index contributed by atoms with van der Waals surface area (Å²) in [4.78, 5) is 8.36. The average molecular weight is 234 g/mol. The maximum absolute atomic E-state index is 5.86. The van der Waals surface area contributed by atoms with Gasteiger partial charge in [-0.25, -0.2) is 0 Å². The fraction of sp³-hybridized carbons (Fsp3) is 0.167. The Morgan fingerprint density at radius 3 is 2.50 bits per heavy atom. The van der Waals surface area contributed by atoms with E-state index in [0.29, 0.717) is 0 Å². The molecule has 3 nitrogen and oxygen atoms in total. The van der Waals surface area contributed by atoms with Crippen molar-refractivity contribution >= 4 is 11.6 Å². The van der Waals surface area contributed by atoms with Crippen molar-refractivity contribution in [2.24, 2.45) is 0 Å². The van der Waals surface area contributed by atoms with Crippen LogP contribution in [0.5, 0.6) is 0 Å². The van der Waals surface area contributed by atoms with Gasteiger partial charge < -0.3 is 5.32 Å². The van der Waals surface area contributed by atoms with Gasteiger partial charge in [-0.05, 0) is 24.7 Å². The van der Waals surface area contributed by atoms with E-state index >= 15 is 0 Å². The minimum Gasteiger partial charge on any atom is -0.308 e. The number of rotatable bonds is 3. The van der Waals surface area contributed by atoms with Crippen LogP contribution in [0.1, 0.15) is 17.3 Å². The van der Waals surface area contributed by atoms with Crippen LogP contribution in [0.15, 0.2) is 42.9 Å². The first kappa shape index (κ1) is 11.0. The predicted molar refractivity (Wildman–Crippen MR) is 64.4 cm³/mol. The molecule has 82 valence electrons. The Bertz CT molecular complexity index is 442. The van der Waals surface area contributed by atoms with Crippen molar-refractivity contribution in [1.82, 2.24) is 15.3 Å². The third-order valence-corrected chi connectivity index (χ3v) is 2.62. The molecule has 0 fully saturated rings. The molecule has 0 aliphatic heterocycles. The highest BCUT2D eigenvalue weighted by Crippen LogP contribution is 2.20. The van der Waals surface area contributed by atoms with Crippen molar-refractivity contribution in [3.05, 3.63) is 59.1 Å². The number of halogens is 1. The molecule has 1 atom stereocenters. The highest BCUT2D eigenvalue weighted by atomic mass is 35.5. The molecule has 0 aliphatic carbocycles. The van der Waals surface area contributed by atoms with Gasteiger partial charge in [0.1, 0.15) is 0 Å². The SMILES string of the molecule is CNC(c1ccc(Cl)cc1)c1cnccn1. The molecular formula is C12H12ClN3. The lowest BCUT2D eigenvalue weighted by molar-refractivity contribution is 0.667. The van der Waals surface area contributed by atoms with Crippen molar-refractivity contribution in [3.8, 4) is 0 Å². The number of nitrogens with one attached hydrogen (secondary N) is 1. The van der Waals surface area contributed by atoms with Gasteiger partial charge in [0.2, 0.25) is 0 Å². The van der Waals surface area contributed by atoms with Gasteiger partial charge in [-0.2, -0.15) is 0 Å². The van der Waals surface area contributed by atoms with Gasteiger partial charge in [-0.1, -0.05) is 23.7 Å². The zero-order valence-corrected chi connectivity index (χ0v) is 9.65. The summed E-state index contributed by atoms with van der Waals surface area (Å²) in [5.41, 5.74) is 2.01. The van der Waals surface area contributed by atoms with Gasteiger partial charge in [0.05, 0.1) is 17.9 Å². The molecule has 2 rings (SSSR count). The minimum absolute atomic E-state index is 0.0472. The lowest BCUT2D eigenvalue weighted by Gasteiger charge is -2.15. The van der Waals surface area contributed by atoms with Crippen molar-refractivity contribution in [3.63, 3.8) is 0 Å². The summed E-state index contributed by atoms with van der Waals surface area (Å²) in [7, 11) is 1.90. The van der Waals surface area contributed by atoms with Crippen LogP contribution in [-0.4, -0.2) is 17.0 Å². The molecule has 0 saturated heterocycles. The molecule has 1 aromatic carbocycles. The minimum atomic E-state index is 0.0472. The van der Waals surface area contributed by atoms with Crippen LogP contribution in [-0.2, 0) is 0 Å². The summed E-state index contributed by atoms with van der Waals surface area (Å²) in [6.07, 6.45) is 5.11. The topological polar surface area (TPSA) is 37.8 Å². The summed E-state index contributed by atoms with van der Waals surface area (Å²) < 4.78 is 0. The number of aromatic nitrogens is 2. The second kappa shape index (κ2) is 5.05. The molecule has 16 heavy (non-hydrogen) atoms. The van der Waals surface area contributed by atoms with Crippen LogP contribution in [0.4, 0.5) is 0 Å². The van der Waals surface area contributed by atoms with Crippen LogP contribution >= 0.6 is 11.6 Å². The number of benzene rings is 1. The average Bonchev–Trinajstić information content (AvgIpc) is 2.34. The Labute approximate surface area is 99.5 Å². The molecule has 1 heterocycles. The van der Waals surface area contributed by atoms with Gasteiger partial charge in [0.25, 0.3) is 0 Å². The summed E-state index contributed by atoms with van der Waals surface area (Å²) in [5, 5.41) is 3.94. The zero-order valence-electron chi connectivity index (χ0n) is 8.89. The fourth-order valence-corrected chi connectivity index (χ4v) is 1.73. The molecule has 0 radical (unpaired) electrons. The Balaban J connectivity index is 2.33. The molecule has 0 bridgehead atoms. The van der Waals surface area contributed by atoms with Gasteiger partial charge in [-0.15, -0.1) is 0 Å². The number of nitrogens with zero attached hydrogens (tertiary/aromatic N) is 2. The first-order chi connectivity index (χ1) is 7.81. The van der Waals surface area contributed by atoms with Gasteiger partial charge in [0, 0.05) is 17.4 Å². The summed E-state index contributed by atoms with van der Waals surface area (Å²) in [5.74, 6) is 0. The molecule has 0 spiro atoms. The largest absolute Gasteiger partial charge is 0.308 e. The Morgan fingerprint density at radius 2 is 1.94 bits per heavy atom. The highest BCUT2D eigenvalue weighted by Gasteiger charge is 2.12. The quantitative estimate of drug-likeness (QED) is 0.885. The molecular weight excluding hydrogens is 222 g/mol. The molecule has 1 N–H and O–H groups in total. The van der Waals surface area contributed by atoms with E-state index in [0.717, 1.165) is 16.3 Å². The molecule has 0 aliphatic rings. The molecule has 4 heteroatoms. The Morgan fingerprint density at radius 1 is 1.19 bits per heavy atom. The van der Waals surface area contributed by atoms with Crippen molar-refractivity contribution in [2.45, 2.75) is 6.04 Å². The van der Waals surface area contributed by atoms with Crippen molar-refractivity contribution < 1.29 is 0 Å². The molecule has 1 aromatic heterocycles. The van der Waals surface area contributed by atoms with Gasteiger partial charge in [0.15, 0.2) is 0 Å². The second-order valence-corrected chi connectivity index (χ2v) is 3.84. The van der Waals surface area contributed by atoms with Gasteiger partial charge >= 0.3 is 0 Å². The first-order valence-electron chi connectivity index (χ1n) is 5.00. The van der Waals surface area contributed by atoms with E-state index < -0.39 is 0 Å². The normalized spacial score (nSPS) is 12.4. The van der Waals surface area contributed by atoms with Crippen molar-refractivity contribution in [2.75, 3.05) is 7.05 Å². The van der Waals surface area contributed by atoms with Crippen LogP contribution in [0, 0.1) is 0 Å². The molecule has 0 saturated carbocycles. The van der Waals surface area contributed by atoms with E-state index in [1.807, 2.05) is 31.3 Å². The molecule has 1 unspecified atom stereocenters.